The summed E-state index contributed by atoms with van der Waals surface area (Å²) >= 11 is 0. The molecule has 0 bridgehead atoms. The first kappa shape index (κ1) is 13.1. The van der Waals surface area contributed by atoms with Crippen LogP contribution in [0.4, 0.5) is 0 Å². The number of carbonyl (C=O) groups excluding carboxylic acids is 1. The largest absolute Gasteiger partial charge is 0.348 e. The molecule has 6 nitrogen and oxygen atoms in total. The quantitative estimate of drug-likeness (QED) is 0.860. The number of hydrogen-bond acceptors (Lipinski definition) is 4. The van der Waals surface area contributed by atoms with E-state index in [0.29, 0.717) is 18.0 Å². The van der Waals surface area contributed by atoms with Crippen LogP contribution in [0, 0.1) is 12.8 Å². The number of nitrogens with two attached hydrogens (primary N) is 1. The average Bonchev–Trinajstić information content (AvgIpc) is 3.24. The van der Waals surface area contributed by atoms with Gasteiger partial charge in [-0.05, 0) is 31.7 Å². The number of fused-ring (bicyclic) bond motifs is 1. The summed E-state index contributed by atoms with van der Waals surface area (Å²) in [6.07, 6.45) is 3.90. The van der Waals surface area contributed by atoms with Crippen molar-refractivity contribution in [3.8, 4) is 0 Å². The van der Waals surface area contributed by atoms with Crippen molar-refractivity contribution < 1.29 is 4.79 Å². The Morgan fingerprint density at radius 1 is 1.60 bits per heavy atom. The normalized spacial score (nSPS) is 16.4. The highest BCUT2D eigenvalue weighted by Crippen LogP contribution is 2.32. The third-order valence-corrected chi connectivity index (χ3v) is 3.89. The van der Waals surface area contributed by atoms with Gasteiger partial charge in [0.25, 0.3) is 5.91 Å². The van der Waals surface area contributed by atoms with Gasteiger partial charge >= 0.3 is 0 Å². The number of hydrogen-bond donors (Lipinski definition) is 2. The van der Waals surface area contributed by atoms with Crippen molar-refractivity contribution in [1.82, 2.24) is 20.1 Å². The predicted molar refractivity (Wildman–Crippen MR) is 76.3 cm³/mol. The molecule has 0 aromatic carbocycles. The van der Waals surface area contributed by atoms with E-state index in [0.717, 1.165) is 29.6 Å². The molecule has 2 aromatic heterocycles. The van der Waals surface area contributed by atoms with Gasteiger partial charge in [-0.3, -0.25) is 9.48 Å². The second-order valence-corrected chi connectivity index (χ2v) is 5.46. The Bertz CT molecular complexity index is 659. The van der Waals surface area contributed by atoms with Crippen LogP contribution in [-0.4, -0.2) is 33.3 Å². The minimum absolute atomic E-state index is 0.0770. The molecule has 20 heavy (non-hydrogen) atoms. The third kappa shape index (κ3) is 2.27. The maximum atomic E-state index is 12.3. The van der Waals surface area contributed by atoms with Gasteiger partial charge in [-0.1, -0.05) is 0 Å². The predicted octanol–water partition coefficient (Wildman–Crippen LogP) is 0.744. The Morgan fingerprint density at radius 2 is 2.35 bits per heavy atom. The standard InChI is InChI=1S/C14H19N5O/c1-8-11-5-10(7-16-13(11)19(2)18-8)14(20)17-12(6-15)9-3-4-9/h5,7,9,12H,3-4,6,15H2,1-2H3,(H,17,20). The third-order valence-electron chi connectivity index (χ3n) is 3.89. The highest BCUT2D eigenvalue weighted by atomic mass is 16.1. The van der Waals surface area contributed by atoms with Gasteiger partial charge in [-0.2, -0.15) is 5.10 Å². The Kier molecular flexibility index (Phi) is 3.17. The van der Waals surface area contributed by atoms with Gasteiger partial charge in [0, 0.05) is 31.2 Å². The fourth-order valence-electron chi connectivity index (χ4n) is 2.55. The zero-order valence-corrected chi connectivity index (χ0v) is 11.8. The van der Waals surface area contributed by atoms with Gasteiger partial charge in [0.15, 0.2) is 5.65 Å². The molecule has 0 spiro atoms. The van der Waals surface area contributed by atoms with Crippen LogP contribution >= 0.6 is 0 Å². The zero-order chi connectivity index (χ0) is 14.3. The first-order valence-electron chi connectivity index (χ1n) is 6.90. The van der Waals surface area contributed by atoms with Crippen LogP contribution in [0.2, 0.25) is 0 Å². The first-order valence-corrected chi connectivity index (χ1v) is 6.90. The van der Waals surface area contributed by atoms with Gasteiger partial charge < -0.3 is 11.1 Å². The highest BCUT2D eigenvalue weighted by molar-refractivity contribution is 5.97. The van der Waals surface area contributed by atoms with E-state index >= 15 is 0 Å². The highest BCUT2D eigenvalue weighted by Gasteiger charge is 2.31. The van der Waals surface area contributed by atoms with Crippen molar-refractivity contribution >= 4 is 16.9 Å². The van der Waals surface area contributed by atoms with Crippen LogP contribution in [0.15, 0.2) is 12.3 Å². The molecule has 0 saturated heterocycles. The molecular weight excluding hydrogens is 254 g/mol. The summed E-state index contributed by atoms with van der Waals surface area (Å²) in [6.45, 7) is 2.40. The lowest BCUT2D eigenvalue weighted by Crippen LogP contribution is -2.41. The fourth-order valence-corrected chi connectivity index (χ4v) is 2.55. The maximum absolute atomic E-state index is 12.3. The number of nitrogens with zero attached hydrogens (tertiary/aromatic N) is 3. The molecule has 106 valence electrons. The summed E-state index contributed by atoms with van der Waals surface area (Å²) in [6, 6.07) is 1.92. The molecule has 1 unspecified atom stereocenters. The molecule has 1 atom stereocenters. The van der Waals surface area contributed by atoms with Crippen molar-refractivity contribution in [2.75, 3.05) is 6.54 Å². The lowest BCUT2D eigenvalue weighted by Gasteiger charge is -2.15. The molecule has 1 amide bonds. The first-order chi connectivity index (χ1) is 9.60. The van der Waals surface area contributed by atoms with Gasteiger partial charge in [0.1, 0.15) is 0 Å². The van der Waals surface area contributed by atoms with E-state index in [1.807, 2.05) is 20.0 Å². The lowest BCUT2D eigenvalue weighted by molar-refractivity contribution is 0.0933. The number of aryl methyl sites for hydroxylation is 2. The molecule has 2 heterocycles. The smallest absolute Gasteiger partial charge is 0.253 e. The van der Waals surface area contributed by atoms with Crippen LogP contribution in [0.3, 0.4) is 0 Å². The van der Waals surface area contributed by atoms with Gasteiger partial charge in [-0.15, -0.1) is 0 Å². The Balaban J connectivity index is 1.85. The molecule has 0 radical (unpaired) electrons. The number of aromatic nitrogens is 3. The van der Waals surface area contributed by atoms with Crippen LogP contribution in [0.5, 0.6) is 0 Å². The minimum Gasteiger partial charge on any atom is -0.348 e. The minimum atomic E-state index is -0.106. The second kappa shape index (κ2) is 4.86. The van der Waals surface area contributed by atoms with Crippen LogP contribution in [0.25, 0.3) is 11.0 Å². The molecule has 1 aliphatic carbocycles. The van der Waals surface area contributed by atoms with Crippen LogP contribution < -0.4 is 11.1 Å². The Labute approximate surface area is 117 Å². The van der Waals surface area contributed by atoms with E-state index in [9.17, 15) is 4.79 Å². The van der Waals surface area contributed by atoms with Crippen molar-refractivity contribution in [2.24, 2.45) is 18.7 Å². The van der Waals surface area contributed by atoms with E-state index < -0.39 is 0 Å². The van der Waals surface area contributed by atoms with Crippen molar-refractivity contribution in [3.63, 3.8) is 0 Å². The van der Waals surface area contributed by atoms with E-state index in [2.05, 4.69) is 15.4 Å². The topological polar surface area (TPSA) is 85.8 Å². The average molecular weight is 273 g/mol. The van der Waals surface area contributed by atoms with E-state index in [1.54, 1.807) is 10.9 Å². The monoisotopic (exact) mass is 273 g/mol. The number of pyridine rings is 1. The molecule has 3 rings (SSSR count). The van der Waals surface area contributed by atoms with Crippen molar-refractivity contribution in [3.05, 3.63) is 23.5 Å². The summed E-state index contributed by atoms with van der Waals surface area (Å²) in [5.74, 6) is 0.436. The van der Waals surface area contributed by atoms with Gasteiger partial charge in [0.2, 0.25) is 0 Å². The van der Waals surface area contributed by atoms with E-state index in [1.165, 1.54) is 0 Å². The summed E-state index contributed by atoms with van der Waals surface area (Å²) in [5.41, 5.74) is 7.94. The number of carbonyl (C=O) groups is 1. The molecule has 1 saturated carbocycles. The number of amides is 1. The molecular formula is C14H19N5O. The molecule has 2 aromatic rings. The molecule has 6 heteroatoms. The fraction of sp³-hybridized carbons (Fsp3) is 0.500. The molecule has 1 fully saturated rings. The summed E-state index contributed by atoms with van der Waals surface area (Å²) < 4.78 is 1.72. The van der Waals surface area contributed by atoms with Crippen molar-refractivity contribution in [1.29, 1.82) is 0 Å². The SMILES string of the molecule is Cc1nn(C)c2ncc(C(=O)NC(CN)C3CC3)cc12. The van der Waals surface area contributed by atoms with Crippen LogP contribution in [0.1, 0.15) is 28.9 Å². The maximum Gasteiger partial charge on any atom is 0.253 e. The van der Waals surface area contributed by atoms with Gasteiger partial charge in [-0.25, -0.2) is 4.98 Å². The molecule has 3 N–H and O–H groups in total. The molecule has 0 aliphatic heterocycles. The summed E-state index contributed by atoms with van der Waals surface area (Å²) in [5, 5.41) is 8.23. The zero-order valence-electron chi connectivity index (χ0n) is 11.8. The van der Waals surface area contributed by atoms with Crippen LogP contribution in [-0.2, 0) is 7.05 Å². The lowest BCUT2D eigenvalue weighted by atomic mass is 10.1. The van der Waals surface area contributed by atoms with Crippen molar-refractivity contribution in [2.45, 2.75) is 25.8 Å². The molecule has 1 aliphatic rings. The summed E-state index contributed by atoms with van der Waals surface area (Å²) in [4.78, 5) is 16.6. The van der Waals surface area contributed by atoms with E-state index in [4.69, 9.17) is 5.73 Å². The number of rotatable bonds is 4. The summed E-state index contributed by atoms with van der Waals surface area (Å²) in [7, 11) is 1.85. The Morgan fingerprint density at radius 3 is 3.00 bits per heavy atom. The second-order valence-electron chi connectivity index (χ2n) is 5.46. The Hall–Kier alpha value is -1.95. The number of nitrogens with one attached hydrogen (secondary N) is 1. The van der Waals surface area contributed by atoms with Gasteiger partial charge in [0.05, 0.1) is 11.3 Å². The van der Waals surface area contributed by atoms with E-state index in [-0.39, 0.29) is 11.9 Å².